The summed E-state index contributed by atoms with van der Waals surface area (Å²) < 4.78 is 1.92. The van der Waals surface area contributed by atoms with Crippen molar-refractivity contribution in [3.8, 4) is 0 Å². The number of benzene rings is 1. The third-order valence-electron chi connectivity index (χ3n) is 4.98. The number of ketones is 1. The second-order valence-electron chi connectivity index (χ2n) is 7.20. The fraction of sp³-hybridized carbons (Fsp3) is 0.130. The van der Waals surface area contributed by atoms with Crippen molar-refractivity contribution in [3.05, 3.63) is 99.2 Å². The minimum absolute atomic E-state index is 0.144. The summed E-state index contributed by atoms with van der Waals surface area (Å²) in [4.78, 5) is 35.3. The molecule has 0 radical (unpaired) electrons. The highest BCUT2D eigenvalue weighted by atomic mass is 16.1. The molecular weight excluding hydrogens is 361 g/mol. The average Bonchev–Trinajstić information content (AvgIpc) is 2.70. The standard InChI is InChI=1S/C23H20BN3O2/c1-14-10-11-17(15(2)25-14)22(28)19-13-27(12-16-6-5-9-21(24)26-16)20-8-4-3-7-18(20)23(19)29/h3-11,13H,12,24H2,1-2H3. The van der Waals surface area contributed by atoms with Crippen LogP contribution in [0.15, 0.2) is 65.6 Å². The molecule has 0 aliphatic carbocycles. The van der Waals surface area contributed by atoms with E-state index in [1.54, 1.807) is 31.3 Å². The van der Waals surface area contributed by atoms with Crippen molar-refractivity contribution < 1.29 is 4.79 Å². The highest BCUT2D eigenvalue weighted by molar-refractivity contribution is 6.30. The van der Waals surface area contributed by atoms with Crippen LogP contribution in [0.1, 0.15) is 33.0 Å². The summed E-state index contributed by atoms with van der Waals surface area (Å²) in [6, 6.07) is 16.7. The Bertz CT molecular complexity index is 1310. The van der Waals surface area contributed by atoms with Crippen LogP contribution in [0.3, 0.4) is 0 Å². The first kappa shape index (κ1) is 18.8. The molecule has 0 bridgehead atoms. The molecule has 3 aromatic heterocycles. The number of nitrogens with zero attached hydrogens (tertiary/aromatic N) is 3. The van der Waals surface area contributed by atoms with Crippen LogP contribution in [0.4, 0.5) is 0 Å². The fourth-order valence-corrected chi connectivity index (χ4v) is 3.57. The smallest absolute Gasteiger partial charge is 0.200 e. The maximum Gasteiger partial charge on any atom is 0.200 e. The maximum absolute atomic E-state index is 13.2. The molecule has 0 saturated carbocycles. The van der Waals surface area contributed by atoms with Gasteiger partial charge in [-0.1, -0.05) is 24.3 Å². The highest BCUT2D eigenvalue weighted by Gasteiger charge is 2.19. The van der Waals surface area contributed by atoms with Crippen molar-refractivity contribution in [1.29, 1.82) is 0 Å². The lowest BCUT2D eigenvalue weighted by Crippen LogP contribution is -2.21. The molecule has 29 heavy (non-hydrogen) atoms. The lowest BCUT2D eigenvalue weighted by atomic mass is 10.0. The Morgan fingerprint density at radius 1 is 0.966 bits per heavy atom. The van der Waals surface area contributed by atoms with Gasteiger partial charge < -0.3 is 4.57 Å². The van der Waals surface area contributed by atoms with Crippen LogP contribution in [-0.2, 0) is 6.54 Å². The first-order valence-electron chi connectivity index (χ1n) is 9.47. The summed E-state index contributed by atoms with van der Waals surface area (Å²) in [7, 11) is 1.94. The Labute approximate surface area is 169 Å². The monoisotopic (exact) mass is 381 g/mol. The fourth-order valence-electron chi connectivity index (χ4n) is 3.57. The first-order chi connectivity index (χ1) is 13.9. The third-order valence-corrected chi connectivity index (χ3v) is 4.98. The summed E-state index contributed by atoms with van der Waals surface area (Å²) in [5.74, 6) is -0.309. The summed E-state index contributed by atoms with van der Waals surface area (Å²) in [6.45, 7) is 4.13. The van der Waals surface area contributed by atoms with Crippen molar-refractivity contribution >= 4 is 30.1 Å². The second-order valence-corrected chi connectivity index (χ2v) is 7.20. The molecule has 0 amide bonds. The third kappa shape index (κ3) is 3.61. The number of hydrogen-bond donors (Lipinski definition) is 0. The van der Waals surface area contributed by atoms with E-state index >= 15 is 0 Å². The lowest BCUT2D eigenvalue weighted by molar-refractivity contribution is 0.103. The molecule has 3 heterocycles. The predicted octanol–water partition coefficient (Wildman–Crippen LogP) is 1.95. The van der Waals surface area contributed by atoms with Gasteiger partial charge in [-0.15, -0.1) is 0 Å². The molecule has 0 atom stereocenters. The molecule has 4 aromatic rings. The molecule has 5 nitrogen and oxygen atoms in total. The molecule has 142 valence electrons. The van der Waals surface area contributed by atoms with Gasteiger partial charge in [0.25, 0.3) is 0 Å². The van der Waals surface area contributed by atoms with Gasteiger partial charge in [-0.05, 0) is 49.8 Å². The van der Waals surface area contributed by atoms with Gasteiger partial charge in [0.2, 0.25) is 5.43 Å². The van der Waals surface area contributed by atoms with Crippen molar-refractivity contribution in [2.24, 2.45) is 0 Å². The Morgan fingerprint density at radius 3 is 2.52 bits per heavy atom. The van der Waals surface area contributed by atoms with E-state index in [1.165, 1.54) is 0 Å². The summed E-state index contributed by atoms with van der Waals surface area (Å²) in [5, 5.41) is 0.517. The Balaban J connectivity index is 1.90. The molecule has 0 spiro atoms. The van der Waals surface area contributed by atoms with Crippen molar-refractivity contribution in [1.82, 2.24) is 14.5 Å². The van der Waals surface area contributed by atoms with Crippen LogP contribution < -0.4 is 11.0 Å². The van der Waals surface area contributed by atoms with Crippen LogP contribution in [0.2, 0.25) is 0 Å². The predicted molar refractivity (Wildman–Crippen MR) is 117 cm³/mol. The number of aryl methyl sites for hydroxylation is 2. The van der Waals surface area contributed by atoms with Gasteiger partial charge in [0.1, 0.15) is 0 Å². The summed E-state index contributed by atoms with van der Waals surface area (Å²) in [5.41, 5.74) is 4.34. The van der Waals surface area contributed by atoms with E-state index in [0.717, 1.165) is 22.5 Å². The van der Waals surface area contributed by atoms with E-state index in [9.17, 15) is 9.59 Å². The van der Waals surface area contributed by atoms with Crippen molar-refractivity contribution in [2.45, 2.75) is 20.4 Å². The quantitative estimate of drug-likeness (QED) is 0.400. The largest absolute Gasteiger partial charge is 0.340 e. The van der Waals surface area contributed by atoms with E-state index in [1.807, 2.05) is 55.7 Å². The van der Waals surface area contributed by atoms with E-state index < -0.39 is 0 Å². The van der Waals surface area contributed by atoms with Gasteiger partial charge in [-0.2, -0.15) is 0 Å². The average molecular weight is 381 g/mol. The Kier molecular flexibility index (Phi) is 4.85. The number of hydrogen-bond acceptors (Lipinski definition) is 4. The zero-order valence-electron chi connectivity index (χ0n) is 16.6. The summed E-state index contributed by atoms with van der Waals surface area (Å²) >= 11 is 0. The van der Waals surface area contributed by atoms with Gasteiger partial charge in [0, 0.05) is 28.5 Å². The van der Waals surface area contributed by atoms with E-state index in [0.29, 0.717) is 23.2 Å². The van der Waals surface area contributed by atoms with Crippen LogP contribution in [-0.4, -0.2) is 28.2 Å². The number of pyridine rings is 3. The first-order valence-corrected chi connectivity index (χ1v) is 9.47. The van der Waals surface area contributed by atoms with Gasteiger partial charge >= 0.3 is 0 Å². The molecule has 0 aliphatic rings. The van der Waals surface area contributed by atoms with Gasteiger partial charge in [0.05, 0.1) is 23.3 Å². The molecule has 0 unspecified atom stereocenters. The number of fused-ring (bicyclic) bond motifs is 1. The van der Waals surface area contributed by atoms with Crippen molar-refractivity contribution in [2.75, 3.05) is 0 Å². The van der Waals surface area contributed by atoms with Crippen LogP contribution in [0, 0.1) is 13.8 Å². The Hall–Kier alpha value is -3.54. The van der Waals surface area contributed by atoms with E-state index in [-0.39, 0.29) is 16.8 Å². The molecule has 1 aromatic carbocycles. The number of rotatable bonds is 4. The van der Waals surface area contributed by atoms with Gasteiger partial charge in [-0.25, -0.2) is 0 Å². The van der Waals surface area contributed by atoms with Crippen molar-refractivity contribution in [3.63, 3.8) is 0 Å². The van der Waals surface area contributed by atoms with Crippen LogP contribution in [0.5, 0.6) is 0 Å². The number of para-hydroxylation sites is 1. The topological polar surface area (TPSA) is 64.8 Å². The van der Waals surface area contributed by atoms with Crippen LogP contribution in [0.25, 0.3) is 10.9 Å². The highest BCUT2D eigenvalue weighted by Crippen LogP contribution is 2.17. The molecule has 0 fully saturated rings. The molecule has 0 N–H and O–H groups in total. The van der Waals surface area contributed by atoms with Gasteiger partial charge in [0.15, 0.2) is 13.6 Å². The minimum Gasteiger partial charge on any atom is -0.340 e. The zero-order valence-corrected chi connectivity index (χ0v) is 16.6. The lowest BCUT2D eigenvalue weighted by Gasteiger charge is -2.14. The maximum atomic E-state index is 13.2. The zero-order chi connectivity index (χ0) is 20.5. The number of carbonyl (C=O) groups is 1. The molecule has 0 saturated heterocycles. The normalized spacial score (nSPS) is 11.0. The molecule has 4 rings (SSSR count). The SMILES string of the molecule is Bc1cccc(Cn2cc(C(=O)c3ccc(C)nc3C)c(=O)c3ccccc32)n1. The van der Waals surface area contributed by atoms with Crippen LogP contribution >= 0.6 is 0 Å². The minimum atomic E-state index is -0.309. The molecular formula is C23H20BN3O2. The molecule has 6 heteroatoms. The molecule has 0 aliphatic heterocycles. The Morgan fingerprint density at radius 2 is 1.76 bits per heavy atom. The van der Waals surface area contributed by atoms with E-state index in [2.05, 4.69) is 9.97 Å². The van der Waals surface area contributed by atoms with E-state index in [4.69, 9.17) is 0 Å². The summed E-state index contributed by atoms with van der Waals surface area (Å²) in [6.07, 6.45) is 1.65. The number of carbonyl (C=O) groups excluding carboxylic acids is 1. The van der Waals surface area contributed by atoms with Gasteiger partial charge in [-0.3, -0.25) is 19.6 Å². The second kappa shape index (κ2) is 7.47. The number of aromatic nitrogens is 3.